The first-order valence-electron chi connectivity index (χ1n) is 6.59. The number of rotatable bonds is 4. The number of fused-ring (bicyclic) bond motifs is 1. The van der Waals surface area contributed by atoms with Crippen LogP contribution in [-0.4, -0.2) is 24.7 Å². The zero-order valence-electron chi connectivity index (χ0n) is 11.8. The highest BCUT2D eigenvalue weighted by atomic mass is 19.4. The van der Waals surface area contributed by atoms with E-state index in [1.165, 1.54) is 13.1 Å². The van der Waals surface area contributed by atoms with E-state index in [0.717, 1.165) is 16.9 Å². The van der Waals surface area contributed by atoms with E-state index in [1.807, 2.05) is 19.1 Å². The summed E-state index contributed by atoms with van der Waals surface area (Å²) in [5.41, 5.74) is 1.43. The molecular weight excluding hydrogens is 283 g/mol. The smallest absolute Gasteiger partial charge is 0.401 e. The lowest BCUT2D eigenvalue weighted by Crippen LogP contribution is -2.30. The maximum Gasteiger partial charge on any atom is 0.401 e. The molecule has 0 unspecified atom stereocenters. The first-order chi connectivity index (χ1) is 9.78. The second-order valence-corrected chi connectivity index (χ2v) is 5.06. The Morgan fingerprint density at radius 2 is 1.95 bits per heavy atom. The molecule has 0 aliphatic rings. The van der Waals surface area contributed by atoms with Crippen LogP contribution in [0.4, 0.5) is 13.2 Å². The van der Waals surface area contributed by atoms with Crippen LogP contribution in [0.5, 0.6) is 0 Å². The molecule has 0 saturated heterocycles. The second-order valence-electron chi connectivity index (χ2n) is 5.06. The zero-order chi connectivity index (χ0) is 15.6. The Bertz CT molecular complexity index is 691. The van der Waals surface area contributed by atoms with Gasteiger partial charge in [-0.1, -0.05) is 13.0 Å². The SMILES string of the molecule is CCc1ccc2oc(=O)cc(CN(C)CC(F)(F)F)c2c1. The number of benzene rings is 1. The van der Waals surface area contributed by atoms with Gasteiger partial charge in [-0.25, -0.2) is 4.79 Å². The van der Waals surface area contributed by atoms with Crippen molar-refractivity contribution < 1.29 is 17.6 Å². The van der Waals surface area contributed by atoms with Crippen LogP contribution in [0.2, 0.25) is 0 Å². The molecule has 0 amide bonds. The number of halogens is 3. The van der Waals surface area contributed by atoms with Gasteiger partial charge in [0.2, 0.25) is 0 Å². The average Bonchev–Trinajstić information content (AvgIpc) is 2.35. The van der Waals surface area contributed by atoms with E-state index < -0.39 is 18.3 Å². The van der Waals surface area contributed by atoms with Crippen LogP contribution in [0.3, 0.4) is 0 Å². The molecule has 2 rings (SSSR count). The molecule has 1 aromatic carbocycles. The topological polar surface area (TPSA) is 33.5 Å². The lowest BCUT2D eigenvalue weighted by molar-refractivity contribution is -0.143. The fourth-order valence-corrected chi connectivity index (χ4v) is 2.28. The van der Waals surface area contributed by atoms with Crippen molar-refractivity contribution in [2.75, 3.05) is 13.6 Å². The third kappa shape index (κ3) is 4.07. The van der Waals surface area contributed by atoms with E-state index in [9.17, 15) is 18.0 Å². The summed E-state index contributed by atoms with van der Waals surface area (Å²) in [4.78, 5) is 12.6. The van der Waals surface area contributed by atoms with Gasteiger partial charge in [-0.05, 0) is 36.7 Å². The lowest BCUT2D eigenvalue weighted by atomic mass is 10.1. The molecule has 0 radical (unpaired) electrons. The Kier molecular flexibility index (Phi) is 4.37. The van der Waals surface area contributed by atoms with E-state index in [1.54, 1.807) is 6.07 Å². The summed E-state index contributed by atoms with van der Waals surface area (Å²) in [7, 11) is 1.37. The number of hydrogen-bond donors (Lipinski definition) is 0. The van der Waals surface area contributed by atoms with E-state index in [4.69, 9.17) is 4.42 Å². The van der Waals surface area contributed by atoms with E-state index >= 15 is 0 Å². The summed E-state index contributed by atoms with van der Waals surface area (Å²) in [5.74, 6) is 0. The number of aryl methyl sites for hydroxylation is 1. The van der Waals surface area contributed by atoms with Crippen LogP contribution in [0.1, 0.15) is 18.1 Å². The van der Waals surface area contributed by atoms with E-state index in [0.29, 0.717) is 16.5 Å². The van der Waals surface area contributed by atoms with Gasteiger partial charge in [-0.15, -0.1) is 0 Å². The minimum absolute atomic E-state index is 0.0365. The molecule has 0 atom stereocenters. The predicted octanol–water partition coefficient (Wildman–Crippen LogP) is 3.35. The van der Waals surface area contributed by atoms with Gasteiger partial charge >= 0.3 is 11.8 Å². The van der Waals surface area contributed by atoms with Crippen LogP contribution in [0, 0.1) is 0 Å². The van der Waals surface area contributed by atoms with Gasteiger partial charge in [0.15, 0.2) is 0 Å². The van der Waals surface area contributed by atoms with Crippen LogP contribution < -0.4 is 5.63 Å². The number of nitrogens with zero attached hydrogens (tertiary/aromatic N) is 1. The van der Waals surface area contributed by atoms with Crippen molar-refractivity contribution in [1.82, 2.24) is 4.90 Å². The largest absolute Gasteiger partial charge is 0.423 e. The normalized spacial score (nSPS) is 12.3. The Balaban J connectivity index is 2.40. The van der Waals surface area contributed by atoms with Gasteiger partial charge < -0.3 is 4.42 Å². The Morgan fingerprint density at radius 3 is 2.57 bits per heavy atom. The van der Waals surface area contributed by atoms with E-state index in [2.05, 4.69) is 0 Å². The first kappa shape index (κ1) is 15.6. The molecule has 2 aromatic rings. The Labute approximate surface area is 120 Å². The molecule has 0 saturated carbocycles. The number of alkyl halides is 3. The maximum atomic E-state index is 12.4. The molecule has 21 heavy (non-hydrogen) atoms. The molecule has 3 nitrogen and oxygen atoms in total. The maximum absolute atomic E-state index is 12.4. The molecular formula is C15H16F3NO2. The van der Waals surface area contributed by atoms with Crippen molar-refractivity contribution in [2.45, 2.75) is 26.1 Å². The molecule has 114 valence electrons. The Morgan fingerprint density at radius 1 is 1.24 bits per heavy atom. The summed E-state index contributed by atoms with van der Waals surface area (Å²) >= 11 is 0. The highest BCUT2D eigenvalue weighted by molar-refractivity contribution is 5.80. The van der Waals surface area contributed by atoms with Crippen molar-refractivity contribution in [3.05, 3.63) is 45.8 Å². The van der Waals surface area contributed by atoms with E-state index in [-0.39, 0.29) is 6.54 Å². The summed E-state index contributed by atoms with van der Waals surface area (Å²) in [6.07, 6.45) is -3.47. The van der Waals surface area contributed by atoms with Crippen molar-refractivity contribution in [1.29, 1.82) is 0 Å². The van der Waals surface area contributed by atoms with Gasteiger partial charge in [0, 0.05) is 18.0 Å². The molecule has 6 heteroatoms. The molecule has 0 aliphatic heterocycles. The minimum Gasteiger partial charge on any atom is -0.423 e. The molecule has 0 N–H and O–H groups in total. The van der Waals surface area contributed by atoms with Crippen LogP contribution in [-0.2, 0) is 13.0 Å². The second kappa shape index (κ2) is 5.89. The first-order valence-corrected chi connectivity index (χ1v) is 6.59. The summed E-state index contributed by atoms with van der Waals surface area (Å²) in [6, 6.07) is 6.64. The third-order valence-electron chi connectivity index (χ3n) is 3.19. The highest BCUT2D eigenvalue weighted by Gasteiger charge is 2.29. The molecule has 1 heterocycles. The van der Waals surface area contributed by atoms with Crippen molar-refractivity contribution in [2.24, 2.45) is 0 Å². The third-order valence-corrected chi connectivity index (χ3v) is 3.19. The van der Waals surface area contributed by atoms with Crippen LogP contribution >= 0.6 is 0 Å². The van der Waals surface area contributed by atoms with Gasteiger partial charge in [-0.3, -0.25) is 4.90 Å². The Hall–Kier alpha value is -1.82. The van der Waals surface area contributed by atoms with Crippen LogP contribution in [0.25, 0.3) is 11.0 Å². The molecule has 1 aromatic heterocycles. The highest BCUT2D eigenvalue weighted by Crippen LogP contribution is 2.22. The number of hydrogen-bond acceptors (Lipinski definition) is 3. The van der Waals surface area contributed by atoms with Crippen molar-refractivity contribution in [3.8, 4) is 0 Å². The molecule has 0 fully saturated rings. The van der Waals surface area contributed by atoms with Gasteiger partial charge in [0.1, 0.15) is 5.58 Å². The quantitative estimate of drug-likeness (QED) is 0.812. The average molecular weight is 299 g/mol. The monoisotopic (exact) mass is 299 g/mol. The van der Waals surface area contributed by atoms with Crippen LogP contribution in [0.15, 0.2) is 33.5 Å². The van der Waals surface area contributed by atoms with Crippen molar-refractivity contribution in [3.63, 3.8) is 0 Å². The summed E-state index contributed by atoms with van der Waals surface area (Å²) < 4.78 is 42.3. The van der Waals surface area contributed by atoms with Crippen molar-refractivity contribution >= 4 is 11.0 Å². The minimum atomic E-state index is -4.27. The predicted molar refractivity (Wildman–Crippen MR) is 74.3 cm³/mol. The fraction of sp³-hybridized carbons (Fsp3) is 0.400. The molecule has 0 spiro atoms. The van der Waals surface area contributed by atoms with Gasteiger partial charge in [0.05, 0.1) is 6.54 Å². The van der Waals surface area contributed by atoms with Gasteiger partial charge in [-0.2, -0.15) is 13.2 Å². The lowest BCUT2D eigenvalue weighted by Gasteiger charge is -2.19. The fourth-order valence-electron chi connectivity index (χ4n) is 2.28. The molecule has 0 bridgehead atoms. The molecule has 0 aliphatic carbocycles. The zero-order valence-corrected chi connectivity index (χ0v) is 11.8. The summed E-state index contributed by atoms with van der Waals surface area (Å²) in [6.45, 7) is 0.993. The summed E-state index contributed by atoms with van der Waals surface area (Å²) in [5, 5.41) is 0.683. The standard InChI is InChI=1S/C15H16F3NO2/c1-3-10-4-5-13-12(6-10)11(7-14(20)21-13)8-19(2)9-15(16,17)18/h4-7H,3,8-9H2,1-2H3. The van der Waals surface area contributed by atoms with Gasteiger partial charge in [0.25, 0.3) is 0 Å².